The van der Waals surface area contributed by atoms with E-state index < -0.39 is 10.0 Å². The van der Waals surface area contributed by atoms with E-state index in [2.05, 4.69) is 4.72 Å². The van der Waals surface area contributed by atoms with Gasteiger partial charge in [0.15, 0.2) is 0 Å². The molecule has 1 aromatic carbocycles. The first-order chi connectivity index (χ1) is 11.9. The standard InChI is InChI=1S/C18H24N2O4S/c1-3-24-16-9-11-17(12-10-16)25(22,23)19-13-4-5-14-20-15(2)7-6-8-18(20)21/h6-12,19H,3-5,13-14H2,1-2H3. The molecule has 0 atom stereocenters. The first kappa shape index (κ1) is 19.2. The number of hydrogen-bond donors (Lipinski definition) is 1. The van der Waals surface area contributed by atoms with Crippen molar-refractivity contribution in [1.29, 1.82) is 0 Å². The predicted molar refractivity (Wildman–Crippen MR) is 97.5 cm³/mol. The third-order valence-electron chi connectivity index (χ3n) is 3.81. The molecule has 1 N–H and O–H groups in total. The van der Waals surface area contributed by atoms with Crippen LogP contribution in [0.2, 0.25) is 0 Å². The molecule has 25 heavy (non-hydrogen) atoms. The summed E-state index contributed by atoms with van der Waals surface area (Å²) in [4.78, 5) is 12.0. The molecule has 0 unspecified atom stereocenters. The molecule has 2 aromatic rings. The number of rotatable bonds is 9. The maximum atomic E-state index is 12.2. The van der Waals surface area contributed by atoms with Crippen LogP contribution in [0.25, 0.3) is 0 Å². The smallest absolute Gasteiger partial charge is 0.250 e. The fourth-order valence-electron chi connectivity index (χ4n) is 2.48. The van der Waals surface area contributed by atoms with Gasteiger partial charge in [-0.2, -0.15) is 0 Å². The largest absolute Gasteiger partial charge is 0.494 e. The van der Waals surface area contributed by atoms with Crippen molar-refractivity contribution in [3.05, 3.63) is 58.5 Å². The van der Waals surface area contributed by atoms with Crippen LogP contribution in [-0.2, 0) is 16.6 Å². The Morgan fingerprint density at radius 2 is 1.80 bits per heavy atom. The molecule has 1 heterocycles. The van der Waals surface area contributed by atoms with Crippen molar-refractivity contribution in [2.45, 2.75) is 38.1 Å². The fraction of sp³-hybridized carbons (Fsp3) is 0.389. The summed E-state index contributed by atoms with van der Waals surface area (Å²) in [5.74, 6) is 0.644. The number of sulfonamides is 1. The van der Waals surface area contributed by atoms with Crippen LogP contribution >= 0.6 is 0 Å². The predicted octanol–water partition coefficient (Wildman–Crippen LogP) is 2.31. The second-order valence-electron chi connectivity index (χ2n) is 5.67. The number of ether oxygens (including phenoxy) is 1. The van der Waals surface area contributed by atoms with Gasteiger partial charge >= 0.3 is 0 Å². The van der Waals surface area contributed by atoms with Gasteiger partial charge in [0.05, 0.1) is 11.5 Å². The van der Waals surface area contributed by atoms with Crippen LogP contribution in [0, 0.1) is 6.92 Å². The molecule has 1 aromatic heterocycles. The molecule has 0 aliphatic carbocycles. The summed E-state index contributed by atoms with van der Waals surface area (Å²) in [6.07, 6.45) is 1.37. The molecule has 2 rings (SSSR count). The molecule has 0 spiro atoms. The van der Waals surface area contributed by atoms with Crippen LogP contribution in [0.1, 0.15) is 25.5 Å². The van der Waals surface area contributed by atoms with Gasteiger partial charge in [-0.1, -0.05) is 6.07 Å². The molecule has 0 aliphatic heterocycles. The highest BCUT2D eigenvalue weighted by molar-refractivity contribution is 7.89. The van der Waals surface area contributed by atoms with Crippen molar-refractivity contribution < 1.29 is 13.2 Å². The lowest BCUT2D eigenvalue weighted by Crippen LogP contribution is -2.26. The third-order valence-corrected chi connectivity index (χ3v) is 5.29. The SMILES string of the molecule is CCOc1ccc(S(=O)(=O)NCCCCn2c(C)cccc2=O)cc1. The summed E-state index contributed by atoms with van der Waals surface area (Å²) in [7, 11) is -3.53. The van der Waals surface area contributed by atoms with Crippen molar-refractivity contribution in [2.24, 2.45) is 0 Å². The summed E-state index contributed by atoms with van der Waals surface area (Å²) in [6, 6.07) is 11.5. The summed E-state index contributed by atoms with van der Waals surface area (Å²) in [6.45, 7) is 5.20. The molecular weight excluding hydrogens is 340 g/mol. The van der Waals surface area contributed by atoms with E-state index in [-0.39, 0.29) is 10.5 Å². The first-order valence-corrected chi connectivity index (χ1v) is 9.81. The molecule has 0 fully saturated rings. The molecule has 0 radical (unpaired) electrons. The maximum absolute atomic E-state index is 12.2. The number of benzene rings is 1. The second kappa shape index (κ2) is 8.82. The topological polar surface area (TPSA) is 77.4 Å². The van der Waals surface area contributed by atoms with Crippen molar-refractivity contribution in [3.8, 4) is 5.75 Å². The van der Waals surface area contributed by atoms with E-state index in [1.807, 2.05) is 19.9 Å². The van der Waals surface area contributed by atoms with E-state index in [0.29, 0.717) is 31.9 Å². The molecule has 0 saturated heterocycles. The molecule has 0 aliphatic rings. The highest BCUT2D eigenvalue weighted by atomic mass is 32.2. The Balaban J connectivity index is 1.83. The van der Waals surface area contributed by atoms with Crippen LogP contribution in [0.15, 0.2) is 52.2 Å². The normalized spacial score (nSPS) is 11.4. The minimum atomic E-state index is -3.53. The number of aryl methyl sites for hydroxylation is 1. The number of unbranched alkanes of at least 4 members (excludes halogenated alkanes) is 1. The Bertz CT molecular complexity index is 842. The zero-order chi connectivity index (χ0) is 18.3. The minimum Gasteiger partial charge on any atom is -0.494 e. The zero-order valence-electron chi connectivity index (χ0n) is 14.6. The highest BCUT2D eigenvalue weighted by Gasteiger charge is 2.13. The van der Waals surface area contributed by atoms with E-state index in [1.165, 1.54) is 18.2 Å². The van der Waals surface area contributed by atoms with Crippen LogP contribution in [0.3, 0.4) is 0 Å². The summed E-state index contributed by atoms with van der Waals surface area (Å²) in [5.41, 5.74) is 0.873. The van der Waals surface area contributed by atoms with Crippen LogP contribution in [0.4, 0.5) is 0 Å². The molecule has 7 heteroatoms. The van der Waals surface area contributed by atoms with Crippen LogP contribution < -0.4 is 15.0 Å². The molecule has 0 bridgehead atoms. The van der Waals surface area contributed by atoms with Gasteiger partial charge in [-0.05, 0) is 57.0 Å². The Kier molecular flexibility index (Phi) is 6.78. The fourth-order valence-corrected chi connectivity index (χ4v) is 3.55. The average Bonchev–Trinajstić information content (AvgIpc) is 2.58. The second-order valence-corrected chi connectivity index (χ2v) is 7.43. The Morgan fingerprint density at radius 3 is 2.44 bits per heavy atom. The van der Waals surface area contributed by atoms with Crippen LogP contribution in [-0.4, -0.2) is 26.1 Å². The quantitative estimate of drug-likeness (QED) is 0.693. The van der Waals surface area contributed by atoms with Gasteiger partial charge in [0, 0.05) is 24.8 Å². The number of hydrogen-bond acceptors (Lipinski definition) is 4. The van der Waals surface area contributed by atoms with E-state index in [4.69, 9.17) is 4.74 Å². The Labute approximate surface area is 148 Å². The zero-order valence-corrected chi connectivity index (χ0v) is 15.4. The lowest BCUT2D eigenvalue weighted by Gasteiger charge is -2.10. The highest BCUT2D eigenvalue weighted by Crippen LogP contribution is 2.15. The summed E-state index contributed by atoms with van der Waals surface area (Å²) < 4.78 is 34.1. The van der Waals surface area contributed by atoms with Gasteiger partial charge in [0.2, 0.25) is 10.0 Å². The molecule has 6 nitrogen and oxygen atoms in total. The van der Waals surface area contributed by atoms with E-state index in [9.17, 15) is 13.2 Å². The van der Waals surface area contributed by atoms with Crippen molar-refractivity contribution in [1.82, 2.24) is 9.29 Å². The first-order valence-electron chi connectivity index (χ1n) is 8.33. The third kappa shape index (κ3) is 5.44. The van der Waals surface area contributed by atoms with Gasteiger partial charge in [0.1, 0.15) is 5.75 Å². The number of pyridine rings is 1. The van der Waals surface area contributed by atoms with Crippen molar-refractivity contribution >= 4 is 10.0 Å². The van der Waals surface area contributed by atoms with Crippen LogP contribution in [0.5, 0.6) is 5.75 Å². The van der Waals surface area contributed by atoms with Gasteiger partial charge in [-0.15, -0.1) is 0 Å². The summed E-state index contributed by atoms with van der Waals surface area (Å²) >= 11 is 0. The molecule has 0 saturated carbocycles. The van der Waals surface area contributed by atoms with E-state index in [0.717, 1.165) is 12.1 Å². The average molecular weight is 364 g/mol. The van der Waals surface area contributed by atoms with Crippen molar-refractivity contribution in [2.75, 3.05) is 13.2 Å². The summed E-state index contributed by atoms with van der Waals surface area (Å²) in [5, 5.41) is 0. The maximum Gasteiger partial charge on any atom is 0.250 e. The lowest BCUT2D eigenvalue weighted by atomic mass is 10.3. The van der Waals surface area contributed by atoms with E-state index >= 15 is 0 Å². The number of aromatic nitrogens is 1. The van der Waals surface area contributed by atoms with Gasteiger partial charge in [-0.25, -0.2) is 13.1 Å². The van der Waals surface area contributed by atoms with Gasteiger partial charge < -0.3 is 9.30 Å². The number of nitrogens with one attached hydrogen (secondary N) is 1. The minimum absolute atomic E-state index is 0.0324. The van der Waals surface area contributed by atoms with E-state index in [1.54, 1.807) is 22.8 Å². The molecule has 136 valence electrons. The molecule has 0 amide bonds. The van der Waals surface area contributed by atoms with Gasteiger partial charge in [-0.3, -0.25) is 4.79 Å². The monoisotopic (exact) mass is 364 g/mol. The van der Waals surface area contributed by atoms with Gasteiger partial charge in [0.25, 0.3) is 5.56 Å². The van der Waals surface area contributed by atoms with Crippen molar-refractivity contribution in [3.63, 3.8) is 0 Å². The number of nitrogens with zero attached hydrogens (tertiary/aromatic N) is 1. The lowest BCUT2D eigenvalue weighted by molar-refractivity contribution is 0.340. The molecular formula is C18H24N2O4S. The Hall–Kier alpha value is -2.12. The Morgan fingerprint density at radius 1 is 1.08 bits per heavy atom.